The monoisotopic (exact) mass is 159 g/mol. The van der Waals surface area contributed by atoms with E-state index in [9.17, 15) is 4.79 Å². The molecule has 0 amide bonds. The van der Waals surface area contributed by atoms with Gasteiger partial charge in [0.05, 0.1) is 6.54 Å². The van der Waals surface area contributed by atoms with E-state index in [0.717, 1.165) is 0 Å². The minimum Gasteiger partial charge on any atom is -0.461 e. The van der Waals surface area contributed by atoms with Crippen LogP contribution >= 0.6 is 0 Å². The second-order valence-corrected chi connectivity index (χ2v) is 3.70. The number of carbonyl (C=O) groups is 1. The topological polar surface area (TPSA) is 52.3 Å². The first kappa shape index (κ1) is 10.4. The molecule has 0 aliphatic heterocycles. The van der Waals surface area contributed by atoms with Crippen molar-refractivity contribution >= 4 is 5.97 Å². The first-order valence-electron chi connectivity index (χ1n) is 3.77. The second-order valence-electron chi connectivity index (χ2n) is 3.70. The molecule has 0 heterocycles. The Kier molecular flexibility index (Phi) is 3.52. The summed E-state index contributed by atoms with van der Waals surface area (Å²) in [5, 5.41) is 0. The van der Waals surface area contributed by atoms with E-state index in [1.807, 2.05) is 27.7 Å². The number of esters is 1. The Morgan fingerprint density at radius 2 is 2.00 bits per heavy atom. The first-order valence-corrected chi connectivity index (χ1v) is 3.77. The Morgan fingerprint density at radius 3 is 2.27 bits per heavy atom. The fourth-order valence-electron chi connectivity index (χ4n) is 0.422. The van der Waals surface area contributed by atoms with Gasteiger partial charge in [0.2, 0.25) is 0 Å². The van der Waals surface area contributed by atoms with Gasteiger partial charge in [0.15, 0.2) is 0 Å². The lowest BCUT2D eigenvalue weighted by Gasteiger charge is -2.26. The molecule has 2 N–H and O–H groups in total. The summed E-state index contributed by atoms with van der Waals surface area (Å²) in [7, 11) is 0. The Hall–Kier alpha value is -0.570. The third-order valence-electron chi connectivity index (χ3n) is 1.69. The zero-order valence-corrected chi connectivity index (χ0v) is 7.68. The third kappa shape index (κ3) is 3.98. The van der Waals surface area contributed by atoms with Gasteiger partial charge in [-0.1, -0.05) is 20.8 Å². The van der Waals surface area contributed by atoms with E-state index < -0.39 is 0 Å². The average Bonchev–Trinajstić information content (AvgIpc) is 1.85. The molecule has 0 saturated carbocycles. The van der Waals surface area contributed by atoms with Crippen LogP contribution in [-0.4, -0.2) is 18.6 Å². The van der Waals surface area contributed by atoms with Crippen molar-refractivity contribution < 1.29 is 9.53 Å². The molecule has 66 valence electrons. The molecule has 0 aromatic rings. The van der Waals surface area contributed by atoms with Crippen molar-refractivity contribution in [3.8, 4) is 0 Å². The van der Waals surface area contributed by atoms with Gasteiger partial charge >= 0.3 is 5.97 Å². The summed E-state index contributed by atoms with van der Waals surface area (Å²) < 4.78 is 5.00. The summed E-state index contributed by atoms with van der Waals surface area (Å²) in [6, 6.07) is 0. The lowest BCUT2D eigenvalue weighted by atomic mass is 9.90. The van der Waals surface area contributed by atoms with Gasteiger partial charge in [0, 0.05) is 0 Å². The second kappa shape index (κ2) is 3.72. The maximum Gasteiger partial charge on any atom is 0.319 e. The van der Waals surface area contributed by atoms with E-state index >= 15 is 0 Å². The van der Waals surface area contributed by atoms with E-state index in [1.54, 1.807) is 0 Å². The first-order chi connectivity index (χ1) is 4.88. The molecular formula is C8H17NO2. The van der Waals surface area contributed by atoms with E-state index in [-0.39, 0.29) is 24.0 Å². The normalized spacial score (nSPS) is 14.3. The highest BCUT2D eigenvalue weighted by Crippen LogP contribution is 2.21. The fraction of sp³-hybridized carbons (Fsp3) is 0.875. The highest BCUT2D eigenvalue weighted by molar-refractivity contribution is 5.71. The van der Waals surface area contributed by atoms with Gasteiger partial charge in [0.25, 0.3) is 0 Å². The van der Waals surface area contributed by atoms with Crippen LogP contribution in [0.15, 0.2) is 0 Å². The number of ether oxygens (including phenoxy) is 1. The number of carbonyl (C=O) groups excluding carboxylic acids is 1. The van der Waals surface area contributed by atoms with Gasteiger partial charge in [-0.2, -0.15) is 0 Å². The Balaban J connectivity index is 3.87. The molecule has 11 heavy (non-hydrogen) atoms. The van der Waals surface area contributed by atoms with Gasteiger partial charge in [-0.15, -0.1) is 0 Å². The molecule has 0 aromatic carbocycles. The molecule has 0 fully saturated rings. The lowest BCUT2D eigenvalue weighted by molar-refractivity contribution is -0.151. The molecular weight excluding hydrogens is 142 g/mol. The van der Waals surface area contributed by atoms with Crippen LogP contribution in [-0.2, 0) is 9.53 Å². The average molecular weight is 159 g/mol. The minimum absolute atomic E-state index is 0.00910. The predicted molar refractivity (Wildman–Crippen MR) is 44.1 cm³/mol. The summed E-state index contributed by atoms with van der Waals surface area (Å²) in [6.07, 6.45) is -0.0847. The summed E-state index contributed by atoms with van der Waals surface area (Å²) in [6.45, 7) is 7.87. The van der Waals surface area contributed by atoms with Crippen molar-refractivity contribution in [2.45, 2.75) is 33.8 Å². The van der Waals surface area contributed by atoms with E-state index in [1.165, 1.54) is 0 Å². The van der Waals surface area contributed by atoms with Crippen LogP contribution in [0.1, 0.15) is 27.7 Å². The molecule has 0 bridgehead atoms. The third-order valence-corrected chi connectivity index (χ3v) is 1.69. The van der Waals surface area contributed by atoms with Gasteiger partial charge < -0.3 is 10.5 Å². The highest BCUT2D eigenvalue weighted by atomic mass is 16.5. The van der Waals surface area contributed by atoms with Crippen LogP contribution in [0.4, 0.5) is 0 Å². The van der Waals surface area contributed by atoms with Crippen LogP contribution in [0.2, 0.25) is 0 Å². The van der Waals surface area contributed by atoms with Gasteiger partial charge in [0.1, 0.15) is 6.10 Å². The summed E-state index contributed by atoms with van der Waals surface area (Å²) in [5.74, 6) is -0.340. The number of hydrogen-bond donors (Lipinski definition) is 1. The molecule has 3 heteroatoms. The molecule has 0 aliphatic rings. The quantitative estimate of drug-likeness (QED) is 0.610. The van der Waals surface area contributed by atoms with Crippen molar-refractivity contribution in [3.63, 3.8) is 0 Å². The molecule has 0 unspecified atom stereocenters. The molecule has 0 aliphatic carbocycles. The van der Waals surface area contributed by atoms with Crippen LogP contribution < -0.4 is 5.73 Å². The largest absolute Gasteiger partial charge is 0.461 e. The Morgan fingerprint density at radius 1 is 1.55 bits per heavy atom. The molecule has 1 atom stereocenters. The zero-order chi connectivity index (χ0) is 9.07. The van der Waals surface area contributed by atoms with Crippen molar-refractivity contribution in [1.29, 1.82) is 0 Å². The Bertz CT molecular complexity index is 138. The number of hydrogen-bond acceptors (Lipinski definition) is 3. The van der Waals surface area contributed by atoms with Crippen molar-refractivity contribution in [2.24, 2.45) is 11.1 Å². The maximum atomic E-state index is 10.7. The van der Waals surface area contributed by atoms with E-state index in [4.69, 9.17) is 10.5 Å². The molecule has 0 saturated heterocycles. The maximum absolute atomic E-state index is 10.7. The predicted octanol–water partition coefficient (Wildman–Crippen LogP) is 0.923. The summed E-state index contributed by atoms with van der Waals surface area (Å²) in [5.41, 5.74) is 5.08. The van der Waals surface area contributed by atoms with Gasteiger partial charge in [-0.05, 0) is 12.3 Å². The van der Waals surface area contributed by atoms with E-state index in [2.05, 4.69) is 0 Å². The van der Waals surface area contributed by atoms with E-state index in [0.29, 0.717) is 0 Å². The smallest absolute Gasteiger partial charge is 0.319 e. The number of rotatable bonds is 2. The summed E-state index contributed by atoms with van der Waals surface area (Å²) >= 11 is 0. The molecule has 0 rings (SSSR count). The lowest BCUT2D eigenvalue weighted by Crippen LogP contribution is -2.31. The molecule has 3 nitrogen and oxygen atoms in total. The minimum atomic E-state index is -0.340. The van der Waals surface area contributed by atoms with Crippen molar-refractivity contribution in [1.82, 2.24) is 0 Å². The van der Waals surface area contributed by atoms with Crippen LogP contribution in [0.3, 0.4) is 0 Å². The van der Waals surface area contributed by atoms with Crippen molar-refractivity contribution in [3.05, 3.63) is 0 Å². The van der Waals surface area contributed by atoms with Gasteiger partial charge in [-0.3, -0.25) is 4.79 Å². The van der Waals surface area contributed by atoms with Crippen molar-refractivity contribution in [2.75, 3.05) is 6.54 Å². The van der Waals surface area contributed by atoms with Gasteiger partial charge in [-0.25, -0.2) is 0 Å². The zero-order valence-electron chi connectivity index (χ0n) is 7.68. The Labute approximate surface area is 67.9 Å². The van der Waals surface area contributed by atoms with Crippen LogP contribution in [0.25, 0.3) is 0 Å². The fourth-order valence-corrected chi connectivity index (χ4v) is 0.422. The highest BCUT2D eigenvalue weighted by Gasteiger charge is 2.22. The van der Waals surface area contributed by atoms with Crippen LogP contribution in [0, 0.1) is 5.41 Å². The molecule has 0 aromatic heterocycles. The number of nitrogens with two attached hydrogens (primary N) is 1. The summed E-state index contributed by atoms with van der Waals surface area (Å²) in [4.78, 5) is 10.7. The SMILES string of the molecule is C[C@@H](OC(=O)CN)C(C)(C)C. The molecule has 0 spiro atoms. The standard InChI is InChI=1S/C8H17NO2/c1-6(8(2,3)4)11-7(10)5-9/h6H,5,9H2,1-4H3/t6-/m1/s1. The molecule has 0 radical (unpaired) electrons. The van der Waals surface area contributed by atoms with Crippen LogP contribution in [0.5, 0.6) is 0 Å².